The summed E-state index contributed by atoms with van der Waals surface area (Å²) in [6.07, 6.45) is 4.57. The summed E-state index contributed by atoms with van der Waals surface area (Å²) < 4.78 is 34.5. The molecule has 1 saturated heterocycles. The van der Waals surface area contributed by atoms with E-state index in [0.29, 0.717) is 18.8 Å². The summed E-state index contributed by atoms with van der Waals surface area (Å²) in [7, 11) is -0.199. The molecule has 3 rings (SSSR count). The van der Waals surface area contributed by atoms with Crippen LogP contribution >= 0.6 is 0 Å². The third-order valence-electron chi connectivity index (χ3n) is 4.28. The maximum atomic E-state index is 13.0. The van der Waals surface area contributed by atoms with Crippen LogP contribution in [0.25, 0.3) is 0 Å². The smallest absolute Gasteiger partial charge is 0.246 e. The first-order valence-corrected chi connectivity index (χ1v) is 8.99. The molecule has 124 valence electrons. The Kier molecular flexibility index (Phi) is 4.16. The fourth-order valence-corrected chi connectivity index (χ4v) is 4.73. The first-order chi connectivity index (χ1) is 10.9. The van der Waals surface area contributed by atoms with Crippen molar-refractivity contribution in [2.75, 3.05) is 20.2 Å². The van der Waals surface area contributed by atoms with Crippen LogP contribution < -0.4 is 4.74 Å². The van der Waals surface area contributed by atoms with Crippen molar-refractivity contribution < 1.29 is 13.2 Å². The Balaban J connectivity index is 1.88. The Hall–Kier alpha value is -1.86. The topological polar surface area (TPSA) is 64.4 Å². The van der Waals surface area contributed by atoms with Crippen LogP contribution in [0.3, 0.4) is 0 Å². The number of rotatable bonds is 4. The largest absolute Gasteiger partial charge is 0.495 e. The minimum Gasteiger partial charge on any atom is -0.495 e. The van der Waals surface area contributed by atoms with Crippen LogP contribution in [0.4, 0.5) is 0 Å². The molecule has 1 aromatic carbocycles. The summed E-state index contributed by atoms with van der Waals surface area (Å²) in [4.78, 5) is 0.242. The quantitative estimate of drug-likeness (QED) is 0.856. The lowest BCUT2D eigenvalue weighted by Crippen LogP contribution is -2.29. The maximum Gasteiger partial charge on any atom is 0.246 e. The molecule has 0 N–H and O–H groups in total. The molecule has 2 heterocycles. The van der Waals surface area contributed by atoms with E-state index in [1.54, 1.807) is 21.1 Å². The van der Waals surface area contributed by atoms with Gasteiger partial charge < -0.3 is 4.74 Å². The molecule has 0 aliphatic carbocycles. The monoisotopic (exact) mass is 335 g/mol. The van der Waals surface area contributed by atoms with E-state index in [2.05, 4.69) is 5.10 Å². The fraction of sp³-hybridized carbons (Fsp3) is 0.438. The molecule has 0 saturated carbocycles. The molecule has 1 fully saturated rings. The number of aryl methyl sites for hydroxylation is 2. The van der Waals surface area contributed by atoms with Crippen molar-refractivity contribution in [1.29, 1.82) is 0 Å². The third-order valence-corrected chi connectivity index (χ3v) is 6.17. The second kappa shape index (κ2) is 5.98. The summed E-state index contributed by atoms with van der Waals surface area (Å²) in [5, 5.41) is 4.17. The number of nitrogens with zero attached hydrogens (tertiary/aromatic N) is 3. The molecular weight excluding hydrogens is 314 g/mol. The van der Waals surface area contributed by atoms with Gasteiger partial charge in [-0.15, -0.1) is 0 Å². The summed E-state index contributed by atoms with van der Waals surface area (Å²) in [5.74, 6) is 0.578. The summed E-state index contributed by atoms with van der Waals surface area (Å²) in [6.45, 7) is 2.87. The van der Waals surface area contributed by atoms with E-state index in [1.165, 1.54) is 7.11 Å². The molecular formula is C16H21N3O3S. The van der Waals surface area contributed by atoms with E-state index < -0.39 is 10.0 Å². The summed E-state index contributed by atoms with van der Waals surface area (Å²) >= 11 is 0. The lowest BCUT2D eigenvalue weighted by molar-refractivity contribution is 0.398. The number of hydrogen-bond acceptors (Lipinski definition) is 4. The second-order valence-electron chi connectivity index (χ2n) is 5.95. The zero-order chi connectivity index (χ0) is 16.6. The minimum absolute atomic E-state index is 0.189. The Bertz CT molecular complexity index is 814. The van der Waals surface area contributed by atoms with Crippen LogP contribution in [-0.4, -0.2) is 42.7 Å². The van der Waals surface area contributed by atoms with E-state index in [9.17, 15) is 8.42 Å². The van der Waals surface area contributed by atoms with E-state index in [4.69, 9.17) is 4.74 Å². The third kappa shape index (κ3) is 2.98. The highest BCUT2D eigenvalue weighted by Crippen LogP contribution is 2.34. The van der Waals surface area contributed by atoms with Crippen LogP contribution in [0.2, 0.25) is 0 Å². The average molecular weight is 335 g/mol. The Morgan fingerprint density at radius 3 is 2.78 bits per heavy atom. The molecule has 1 aliphatic heterocycles. The van der Waals surface area contributed by atoms with Gasteiger partial charge >= 0.3 is 0 Å². The van der Waals surface area contributed by atoms with Crippen LogP contribution in [0.5, 0.6) is 5.75 Å². The second-order valence-corrected chi connectivity index (χ2v) is 7.86. The van der Waals surface area contributed by atoms with Crippen molar-refractivity contribution >= 4 is 10.0 Å². The van der Waals surface area contributed by atoms with Crippen molar-refractivity contribution in [3.63, 3.8) is 0 Å². The van der Waals surface area contributed by atoms with Gasteiger partial charge in [0, 0.05) is 32.3 Å². The molecule has 0 spiro atoms. The number of ether oxygens (including phenoxy) is 1. The lowest BCUT2D eigenvalue weighted by Gasteiger charge is -2.18. The van der Waals surface area contributed by atoms with Crippen molar-refractivity contribution in [3.05, 3.63) is 41.7 Å². The Morgan fingerprint density at radius 2 is 2.13 bits per heavy atom. The molecule has 2 aromatic rings. The van der Waals surface area contributed by atoms with Gasteiger partial charge in [0.15, 0.2) is 0 Å². The average Bonchev–Trinajstić information content (AvgIpc) is 3.16. The molecule has 23 heavy (non-hydrogen) atoms. The van der Waals surface area contributed by atoms with Gasteiger partial charge in [-0.25, -0.2) is 8.42 Å². The first kappa shape index (κ1) is 16.0. The van der Waals surface area contributed by atoms with Gasteiger partial charge in [0.25, 0.3) is 0 Å². The fourth-order valence-electron chi connectivity index (χ4n) is 2.99. The van der Waals surface area contributed by atoms with Gasteiger partial charge in [-0.1, -0.05) is 6.07 Å². The van der Waals surface area contributed by atoms with E-state index >= 15 is 0 Å². The molecule has 1 unspecified atom stereocenters. The SMILES string of the molecule is COc1ccc(C)cc1S(=O)(=O)N1CCC(c2cnn(C)c2)C1. The summed E-state index contributed by atoms with van der Waals surface area (Å²) in [6, 6.07) is 5.22. The Labute approximate surface area is 136 Å². The van der Waals surface area contributed by atoms with Gasteiger partial charge in [-0.05, 0) is 36.6 Å². The Morgan fingerprint density at radius 1 is 1.35 bits per heavy atom. The first-order valence-electron chi connectivity index (χ1n) is 7.55. The van der Waals surface area contributed by atoms with Crippen LogP contribution in [0.15, 0.2) is 35.5 Å². The molecule has 0 bridgehead atoms. The maximum absolute atomic E-state index is 13.0. The van der Waals surface area contributed by atoms with E-state index in [1.807, 2.05) is 32.4 Å². The van der Waals surface area contributed by atoms with Crippen molar-refractivity contribution in [3.8, 4) is 5.75 Å². The molecule has 1 aliphatic rings. The minimum atomic E-state index is -3.56. The number of hydrogen-bond donors (Lipinski definition) is 0. The van der Waals surface area contributed by atoms with Crippen molar-refractivity contribution in [2.45, 2.75) is 24.2 Å². The summed E-state index contributed by atoms with van der Waals surface area (Å²) in [5.41, 5.74) is 1.98. The van der Waals surface area contributed by atoms with Gasteiger partial charge in [0.2, 0.25) is 10.0 Å². The van der Waals surface area contributed by atoms with Crippen LogP contribution in [-0.2, 0) is 17.1 Å². The van der Waals surface area contributed by atoms with Crippen LogP contribution in [0.1, 0.15) is 23.5 Å². The molecule has 1 atom stereocenters. The molecule has 0 amide bonds. The highest BCUT2D eigenvalue weighted by atomic mass is 32.2. The zero-order valence-corrected chi connectivity index (χ0v) is 14.4. The standard InChI is InChI=1S/C16H21N3O3S/c1-12-4-5-15(22-3)16(8-12)23(20,21)19-7-6-13(11-19)14-9-17-18(2)10-14/h4-5,8-10,13H,6-7,11H2,1-3H3. The lowest BCUT2D eigenvalue weighted by atomic mass is 10.0. The van der Waals surface area contributed by atoms with Gasteiger partial charge in [0.1, 0.15) is 10.6 Å². The van der Waals surface area contributed by atoms with Gasteiger partial charge in [-0.2, -0.15) is 9.40 Å². The predicted molar refractivity (Wildman–Crippen MR) is 87.1 cm³/mol. The van der Waals surface area contributed by atoms with Crippen molar-refractivity contribution in [1.82, 2.24) is 14.1 Å². The molecule has 7 heteroatoms. The zero-order valence-electron chi connectivity index (χ0n) is 13.6. The molecule has 0 radical (unpaired) electrons. The highest BCUT2D eigenvalue weighted by Gasteiger charge is 2.35. The molecule has 1 aromatic heterocycles. The number of sulfonamides is 1. The number of benzene rings is 1. The predicted octanol–water partition coefficient (Wildman–Crippen LogP) is 1.92. The van der Waals surface area contributed by atoms with Gasteiger partial charge in [-0.3, -0.25) is 4.68 Å². The normalized spacial score (nSPS) is 19.2. The number of aromatic nitrogens is 2. The molecule has 6 nitrogen and oxygen atoms in total. The van der Waals surface area contributed by atoms with Crippen LogP contribution in [0, 0.1) is 6.92 Å². The van der Waals surface area contributed by atoms with E-state index in [0.717, 1.165) is 17.5 Å². The van der Waals surface area contributed by atoms with E-state index in [-0.39, 0.29) is 10.8 Å². The number of methoxy groups -OCH3 is 1. The highest BCUT2D eigenvalue weighted by molar-refractivity contribution is 7.89. The van der Waals surface area contributed by atoms with Gasteiger partial charge in [0.05, 0.1) is 13.3 Å². The van der Waals surface area contributed by atoms with Crippen molar-refractivity contribution in [2.24, 2.45) is 7.05 Å².